The summed E-state index contributed by atoms with van der Waals surface area (Å²) in [5, 5.41) is 7.59. The molecule has 1 aliphatic rings. The molecule has 3 unspecified atom stereocenters. The number of amides is 1. The Morgan fingerprint density at radius 1 is 1.48 bits per heavy atom. The third-order valence-corrected chi connectivity index (χ3v) is 4.30. The average molecular weight is 293 g/mol. The summed E-state index contributed by atoms with van der Waals surface area (Å²) in [6.07, 6.45) is 2.66. The van der Waals surface area contributed by atoms with Gasteiger partial charge in [-0.25, -0.2) is 9.67 Å². The molecular weight excluding hydrogens is 266 g/mol. The number of nitrogens with one attached hydrogen (secondary N) is 1. The van der Waals surface area contributed by atoms with Crippen LogP contribution in [0.2, 0.25) is 0 Å². The quantitative estimate of drug-likeness (QED) is 0.854. The molecule has 0 bridgehead atoms. The number of nitrogens with two attached hydrogens (primary N) is 1. The highest BCUT2D eigenvalue weighted by molar-refractivity contribution is 5.82. The van der Waals surface area contributed by atoms with Gasteiger partial charge in [0, 0.05) is 18.4 Å². The highest BCUT2D eigenvalue weighted by Crippen LogP contribution is 2.17. The fraction of sp³-hybridized carbons (Fsp3) is 0.800. The van der Waals surface area contributed by atoms with E-state index in [9.17, 15) is 4.79 Å². The van der Waals surface area contributed by atoms with Crippen LogP contribution in [-0.2, 0) is 17.8 Å². The van der Waals surface area contributed by atoms with Crippen LogP contribution in [0.25, 0.3) is 0 Å². The summed E-state index contributed by atoms with van der Waals surface area (Å²) in [7, 11) is 0. The fourth-order valence-corrected chi connectivity index (χ4v) is 2.50. The summed E-state index contributed by atoms with van der Waals surface area (Å²) in [5.41, 5.74) is 5.98. The molecule has 2 rings (SSSR count). The summed E-state index contributed by atoms with van der Waals surface area (Å²) in [5.74, 6) is 2.38. The molecule has 3 N–H and O–H groups in total. The van der Waals surface area contributed by atoms with Crippen LogP contribution in [0.3, 0.4) is 0 Å². The lowest BCUT2D eigenvalue weighted by atomic mass is 9.98. The average Bonchev–Trinajstić information content (AvgIpc) is 2.89. The number of hydrogen-bond acceptors (Lipinski definition) is 4. The highest BCUT2D eigenvalue weighted by atomic mass is 16.2. The second-order valence-corrected chi connectivity index (χ2v) is 6.38. The molecule has 0 aliphatic carbocycles. The zero-order valence-corrected chi connectivity index (χ0v) is 13.5. The molecule has 0 saturated carbocycles. The van der Waals surface area contributed by atoms with Crippen molar-refractivity contribution in [3.63, 3.8) is 0 Å². The minimum absolute atomic E-state index is 0.0537. The van der Waals surface area contributed by atoms with Crippen molar-refractivity contribution in [2.24, 2.45) is 11.7 Å². The number of carbonyl (C=O) groups is 1. The zero-order chi connectivity index (χ0) is 15.6. The standard InChI is InChI=1S/C15H27N5O/c1-5-10(4)13(16)15(21)17-11-6-7-12-18-14(9(2)3)19-20(12)8-11/h9-11,13H,5-8,16H2,1-4H3,(H,17,21). The van der Waals surface area contributed by atoms with Crippen LogP contribution < -0.4 is 11.1 Å². The van der Waals surface area contributed by atoms with Crippen molar-refractivity contribution in [2.45, 2.75) is 71.5 Å². The summed E-state index contributed by atoms with van der Waals surface area (Å²) in [6, 6.07) is -0.333. The van der Waals surface area contributed by atoms with Gasteiger partial charge in [-0.05, 0) is 12.3 Å². The molecular formula is C15H27N5O. The van der Waals surface area contributed by atoms with Crippen molar-refractivity contribution in [1.29, 1.82) is 0 Å². The highest BCUT2D eigenvalue weighted by Gasteiger charge is 2.26. The van der Waals surface area contributed by atoms with Gasteiger partial charge in [-0.3, -0.25) is 4.79 Å². The summed E-state index contributed by atoms with van der Waals surface area (Å²) >= 11 is 0. The Morgan fingerprint density at radius 3 is 2.81 bits per heavy atom. The van der Waals surface area contributed by atoms with E-state index >= 15 is 0 Å². The molecule has 0 radical (unpaired) electrons. The van der Waals surface area contributed by atoms with E-state index in [1.54, 1.807) is 0 Å². The van der Waals surface area contributed by atoms with Crippen molar-refractivity contribution in [1.82, 2.24) is 20.1 Å². The van der Waals surface area contributed by atoms with E-state index in [4.69, 9.17) is 5.73 Å². The zero-order valence-electron chi connectivity index (χ0n) is 13.5. The topological polar surface area (TPSA) is 85.8 Å². The van der Waals surface area contributed by atoms with Gasteiger partial charge in [0.05, 0.1) is 12.6 Å². The van der Waals surface area contributed by atoms with Gasteiger partial charge in [-0.1, -0.05) is 34.1 Å². The number of nitrogens with zero attached hydrogens (tertiary/aromatic N) is 3. The van der Waals surface area contributed by atoms with Crippen LogP contribution >= 0.6 is 0 Å². The molecule has 1 aromatic heterocycles. The van der Waals surface area contributed by atoms with E-state index in [2.05, 4.69) is 29.2 Å². The Morgan fingerprint density at radius 2 is 2.19 bits per heavy atom. The van der Waals surface area contributed by atoms with Gasteiger partial charge in [0.15, 0.2) is 5.82 Å². The largest absolute Gasteiger partial charge is 0.350 e. The molecule has 118 valence electrons. The van der Waals surface area contributed by atoms with Crippen molar-refractivity contribution in [3.05, 3.63) is 11.6 Å². The molecule has 0 spiro atoms. The first-order valence-corrected chi connectivity index (χ1v) is 7.91. The van der Waals surface area contributed by atoms with Gasteiger partial charge in [0.25, 0.3) is 0 Å². The first-order chi connectivity index (χ1) is 9.92. The summed E-state index contributed by atoms with van der Waals surface area (Å²) in [6.45, 7) is 8.93. The molecule has 0 saturated heterocycles. The Hall–Kier alpha value is -1.43. The van der Waals surface area contributed by atoms with Gasteiger partial charge >= 0.3 is 0 Å². The molecule has 6 heteroatoms. The minimum atomic E-state index is -0.432. The monoisotopic (exact) mass is 293 g/mol. The second-order valence-electron chi connectivity index (χ2n) is 6.38. The number of rotatable bonds is 5. The van der Waals surface area contributed by atoms with Crippen molar-refractivity contribution in [3.8, 4) is 0 Å². The van der Waals surface area contributed by atoms with Crippen molar-refractivity contribution < 1.29 is 4.79 Å². The van der Waals surface area contributed by atoms with Crippen LogP contribution in [-0.4, -0.2) is 32.8 Å². The van der Waals surface area contributed by atoms with Crippen molar-refractivity contribution in [2.75, 3.05) is 0 Å². The number of aryl methyl sites for hydroxylation is 1. The minimum Gasteiger partial charge on any atom is -0.350 e. The third kappa shape index (κ3) is 3.61. The van der Waals surface area contributed by atoms with E-state index in [1.807, 2.05) is 18.5 Å². The fourth-order valence-electron chi connectivity index (χ4n) is 2.50. The Bertz CT molecular complexity index is 496. The van der Waals surface area contributed by atoms with Crippen LogP contribution in [0.4, 0.5) is 0 Å². The Balaban J connectivity index is 1.97. The van der Waals surface area contributed by atoms with Gasteiger partial charge in [-0.2, -0.15) is 5.10 Å². The molecule has 2 heterocycles. The van der Waals surface area contributed by atoms with Gasteiger partial charge < -0.3 is 11.1 Å². The molecule has 1 amide bonds. The molecule has 21 heavy (non-hydrogen) atoms. The lowest BCUT2D eigenvalue weighted by molar-refractivity contribution is -0.124. The number of aromatic nitrogens is 3. The maximum atomic E-state index is 12.2. The van der Waals surface area contributed by atoms with E-state index in [0.29, 0.717) is 12.5 Å². The maximum absolute atomic E-state index is 12.2. The smallest absolute Gasteiger partial charge is 0.237 e. The van der Waals surface area contributed by atoms with Crippen molar-refractivity contribution >= 4 is 5.91 Å². The van der Waals surface area contributed by atoms with Gasteiger partial charge in [0.2, 0.25) is 5.91 Å². The molecule has 6 nitrogen and oxygen atoms in total. The van der Waals surface area contributed by atoms with E-state index < -0.39 is 6.04 Å². The first kappa shape index (κ1) is 15.9. The molecule has 1 aliphatic heterocycles. The van der Waals surface area contributed by atoms with E-state index in [-0.39, 0.29) is 17.9 Å². The maximum Gasteiger partial charge on any atom is 0.237 e. The Kier molecular flexibility index (Phi) is 4.98. The van der Waals surface area contributed by atoms with Crippen LogP contribution in [0.5, 0.6) is 0 Å². The molecule has 1 aromatic rings. The molecule has 3 atom stereocenters. The number of fused-ring (bicyclic) bond motifs is 1. The summed E-state index contributed by atoms with van der Waals surface area (Å²) < 4.78 is 1.93. The number of carbonyl (C=O) groups excluding carboxylic acids is 1. The lowest BCUT2D eigenvalue weighted by Crippen LogP contribution is -2.50. The molecule has 0 aromatic carbocycles. The van der Waals surface area contributed by atoms with Crippen LogP contribution in [0.15, 0.2) is 0 Å². The van der Waals surface area contributed by atoms with Crippen LogP contribution in [0, 0.1) is 5.92 Å². The SMILES string of the molecule is CCC(C)C(N)C(=O)NC1CCc2nc(C(C)C)nn2C1. The van der Waals surface area contributed by atoms with Gasteiger partial charge in [0.1, 0.15) is 5.82 Å². The van der Waals surface area contributed by atoms with E-state index in [0.717, 1.165) is 30.9 Å². The van der Waals surface area contributed by atoms with Crippen LogP contribution in [0.1, 0.15) is 58.1 Å². The second kappa shape index (κ2) is 6.56. The third-order valence-electron chi connectivity index (χ3n) is 4.30. The summed E-state index contributed by atoms with van der Waals surface area (Å²) in [4.78, 5) is 16.7. The lowest BCUT2D eigenvalue weighted by Gasteiger charge is -2.26. The Labute approximate surface area is 126 Å². The normalized spacial score (nSPS) is 21.0. The first-order valence-electron chi connectivity index (χ1n) is 7.91. The number of hydrogen-bond donors (Lipinski definition) is 2. The van der Waals surface area contributed by atoms with E-state index in [1.165, 1.54) is 0 Å². The molecule has 0 fully saturated rings. The van der Waals surface area contributed by atoms with Gasteiger partial charge in [-0.15, -0.1) is 0 Å². The predicted octanol–water partition coefficient (Wildman–Crippen LogP) is 1.21. The predicted molar refractivity (Wildman–Crippen MR) is 81.8 cm³/mol.